The van der Waals surface area contributed by atoms with Crippen LogP contribution in [0.25, 0.3) is 10.9 Å². The van der Waals surface area contributed by atoms with E-state index in [9.17, 15) is 4.39 Å². The van der Waals surface area contributed by atoms with Crippen LogP contribution in [0.5, 0.6) is 0 Å². The van der Waals surface area contributed by atoms with E-state index in [0.29, 0.717) is 0 Å². The Morgan fingerprint density at radius 1 is 1.10 bits per heavy atom. The van der Waals surface area contributed by atoms with Crippen LogP contribution < -0.4 is 5.32 Å². The molecule has 0 saturated carbocycles. The Balaban J connectivity index is 2.14. The standard InChI is InChI=1S/C16H12BrFN2/c1-10-8-15(20-12-5-2-4-11(18)9-12)13-6-3-7-14(17)16(13)19-10/h2-9H,1H3,(H,19,20). The summed E-state index contributed by atoms with van der Waals surface area (Å²) in [6, 6.07) is 14.3. The highest BCUT2D eigenvalue weighted by Crippen LogP contribution is 2.30. The highest BCUT2D eigenvalue weighted by molar-refractivity contribution is 9.10. The van der Waals surface area contributed by atoms with Gasteiger partial charge in [0.2, 0.25) is 0 Å². The smallest absolute Gasteiger partial charge is 0.125 e. The monoisotopic (exact) mass is 330 g/mol. The minimum absolute atomic E-state index is 0.258. The first-order chi connectivity index (χ1) is 9.63. The summed E-state index contributed by atoms with van der Waals surface area (Å²) >= 11 is 3.51. The lowest BCUT2D eigenvalue weighted by molar-refractivity contribution is 0.628. The molecule has 1 heterocycles. The summed E-state index contributed by atoms with van der Waals surface area (Å²) in [5.41, 5.74) is 3.44. The van der Waals surface area contributed by atoms with Crippen LogP contribution in [0.3, 0.4) is 0 Å². The van der Waals surface area contributed by atoms with Crippen LogP contribution in [0.4, 0.5) is 15.8 Å². The third-order valence-electron chi connectivity index (χ3n) is 3.02. The molecule has 0 aliphatic carbocycles. The molecule has 20 heavy (non-hydrogen) atoms. The van der Waals surface area contributed by atoms with E-state index in [2.05, 4.69) is 26.2 Å². The number of hydrogen-bond acceptors (Lipinski definition) is 2. The predicted molar refractivity (Wildman–Crippen MR) is 83.9 cm³/mol. The zero-order chi connectivity index (χ0) is 14.1. The highest BCUT2D eigenvalue weighted by atomic mass is 79.9. The molecule has 0 amide bonds. The SMILES string of the molecule is Cc1cc(Nc2cccc(F)c2)c2cccc(Br)c2n1. The van der Waals surface area contributed by atoms with Crippen molar-refractivity contribution in [3.63, 3.8) is 0 Å². The molecule has 1 aromatic heterocycles. The minimum Gasteiger partial charge on any atom is -0.355 e. The van der Waals surface area contributed by atoms with Gasteiger partial charge in [0, 0.05) is 26.9 Å². The van der Waals surface area contributed by atoms with Crippen LogP contribution in [-0.2, 0) is 0 Å². The maximum atomic E-state index is 13.3. The Morgan fingerprint density at radius 2 is 1.90 bits per heavy atom. The Bertz CT molecular complexity index is 787. The normalized spacial score (nSPS) is 10.8. The van der Waals surface area contributed by atoms with Crippen LogP contribution in [0, 0.1) is 12.7 Å². The van der Waals surface area contributed by atoms with Gasteiger partial charge in [-0.25, -0.2) is 4.39 Å². The number of anilines is 2. The van der Waals surface area contributed by atoms with Gasteiger partial charge >= 0.3 is 0 Å². The number of hydrogen-bond donors (Lipinski definition) is 1. The Morgan fingerprint density at radius 3 is 2.70 bits per heavy atom. The highest BCUT2D eigenvalue weighted by Gasteiger charge is 2.07. The van der Waals surface area contributed by atoms with Crippen molar-refractivity contribution in [2.45, 2.75) is 6.92 Å². The van der Waals surface area contributed by atoms with Crippen molar-refractivity contribution < 1.29 is 4.39 Å². The fourth-order valence-corrected chi connectivity index (χ4v) is 2.62. The lowest BCUT2D eigenvalue weighted by Crippen LogP contribution is -1.95. The van der Waals surface area contributed by atoms with Gasteiger partial charge in [0.1, 0.15) is 5.82 Å². The molecule has 0 aliphatic rings. The van der Waals surface area contributed by atoms with Gasteiger partial charge in [-0.1, -0.05) is 18.2 Å². The third-order valence-corrected chi connectivity index (χ3v) is 3.66. The molecule has 0 fully saturated rings. The van der Waals surface area contributed by atoms with E-state index in [1.807, 2.05) is 37.3 Å². The first-order valence-corrected chi connectivity index (χ1v) is 7.01. The van der Waals surface area contributed by atoms with Crippen LogP contribution in [0.1, 0.15) is 5.69 Å². The molecule has 0 atom stereocenters. The Kier molecular flexibility index (Phi) is 3.40. The van der Waals surface area contributed by atoms with E-state index < -0.39 is 0 Å². The van der Waals surface area contributed by atoms with Crippen molar-refractivity contribution in [1.82, 2.24) is 4.98 Å². The summed E-state index contributed by atoms with van der Waals surface area (Å²) in [4.78, 5) is 4.53. The largest absolute Gasteiger partial charge is 0.355 e. The molecule has 0 unspecified atom stereocenters. The maximum absolute atomic E-state index is 13.3. The number of halogens is 2. The second-order valence-corrected chi connectivity index (χ2v) is 5.44. The first-order valence-electron chi connectivity index (χ1n) is 6.22. The molecule has 0 radical (unpaired) electrons. The van der Waals surface area contributed by atoms with E-state index in [4.69, 9.17) is 0 Å². The molecule has 100 valence electrons. The number of aryl methyl sites for hydroxylation is 1. The fourth-order valence-electron chi connectivity index (χ4n) is 2.17. The van der Waals surface area contributed by atoms with Crippen molar-refractivity contribution in [2.75, 3.05) is 5.32 Å². The number of para-hydroxylation sites is 1. The van der Waals surface area contributed by atoms with Gasteiger partial charge < -0.3 is 5.32 Å². The maximum Gasteiger partial charge on any atom is 0.125 e. The van der Waals surface area contributed by atoms with Gasteiger partial charge in [0.25, 0.3) is 0 Å². The number of nitrogens with zero attached hydrogens (tertiary/aromatic N) is 1. The molecular formula is C16H12BrFN2. The van der Waals surface area contributed by atoms with E-state index >= 15 is 0 Å². The average Bonchev–Trinajstić information content (AvgIpc) is 2.40. The Labute approximate surface area is 124 Å². The fraction of sp³-hybridized carbons (Fsp3) is 0.0625. The molecule has 3 rings (SSSR count). The van der Waals surface area contributed by atoms with E-state index in [1.54, 1.807) is 6.07 Å². The summed E-state index contributed by atoms with van der Waals surface area (Å²) in [6.45, 7) is 1.94. The summed E-state index contributed by atoms with van der Waals surface area (Å²) < 4.78 is 14.2. The van der Waals surface area contributed by atoms with Gasteiger partial charge in [0.15, 0.2) is 0 Å². The molecule has 2 aromatic carbocycles. The molecule has 2 nitrogen and oxygen atoms in total. The van der Waals surface area contributed by atoms with Crippen molar-refractivity contribution in [2.24, 2.45) is 0 Å². The number of nitrogens with one attached hydrogen (secondary N) is 1. The zero-order valence-corrected chi connectivity index (χ0v) is 12.4. The number of pyridine rings is 1. The Hall–Kier alpha value is -1.94. The number of rotatable bonds is 2. The van der Waals surface area contributed by atoms with Gasteiger partial charge in [-0.15, -0.1) is 0 Å². The molecular weight excluding hydrogens is 319 g/mol. The molecule has 3 aromatic rings. The molecule has 4 heteroatoms. The number of benzene rings is 2. The van der Waals surface area contributed by atoms with Crippen LogP contribution in [0.15, 0.2) is 53.0 Å². The van der Waals surface area contributed by atoms with Crippen molar-refractivity contribution in [1.29, 1.82) is 0 Å². The van der Waals surface area contributed by atoms with Gasteiger partial charge in [-0.3, -0.25) is 4.98 Å². The van der Waals surface area contributed by atoms with Gasteiger partial charge in [0.05, 0.1) is 5.52 Å². The molecule has 0 bridgehead atoms. The van der Waals surface area contributed by atoms with Crippen LogP contribution in [-0.4, -0.2) is 4.98 Å². The number of aromatic nitrogens is 1. The van der Waals surface area contributed by atoms with E-state index in [1.165, 1.54) is 12.1 Å². The molecule has 0 spiro atoms. The van der Waals surface area contributed by atoms with Crippen molar-refractivity contribution >= 4 is 38.2 Å². The average molecular weight is 331 g/mol. The third kappa shape index (κ3) is 2.51. The molecule has 0 aliphatic heterocycles. The summed E-state index contributed by atoms with van der Waals surface area (Å²) in [6.07, 6.45) is 0. The minimum atomic E-state index is -0.258. The zero-order valence-electron chi connectivity index (χ0n) is 10.8. The second kappa shape index (κ2) is 5.21. The van der Waals surface area contributed by atoms with Gasteiger partial charge in [-0.2, -0.15) is 0 Å². The lowest BCUT2D eigenvalue weighted by atomic mass is 10.1. The summed E-state index contributed by atoms with van der Waals surface area (Å²) in [7, 11) is 0. The quantitative estimate of drug-likeness (QED) is 0.699. The van der Waals surface area contributed by atoms with E-state index in [0.717, 1.165) is 32.4 Å². The topological polar surface area (TPSA) is 24.9 Å². The summed E-state index contributed by atoms with van der Waals surface area (Å²) in [5.74, 6) is -0.258. The van der Waals surface area contributed by atoms with Crippen molar-refractivity contribution in [3.8, 4) is 0 Å². The van der Waals surface area contributed by atoms with Crippen LogP contribution >= 0.6 is 15.9 Å². The van der Waals surface area contributed by atoms with E-state index in [-0.39, 0.29) is 5.82 Å². The molecule has 0 saturated heterocycles. The van der Waals surface area contributed by atoms with Crippen molar-refractivity contribution in [3.05, 3.63) is 64.5 Å². The van der Waals surface area contributed by atoms with Gasteiger partial charge in [-0.05, 0) is 53.2 Å². The first kappa shape index (κ1) is 13.1. The van der Waals surface area contributed by atoms with Crippen LogP contribution in [0.2, 0.25) is 0 Å². The molecule has 1 N–H and O–H groups in total. The predicted octanol–water partition coefficient (Wildman–Crippen LogP) is 5.19. The second-order valence-electron chi connectivity index (χ2n) is 4.58. The number of fused-ring (bicyclic) bond motifs is 1. The lowest BCUT2D eigenvalue weighted by Gasteiger charge is -2.11. The summed E-state index contributed by atoms with van der Waals surface area (Å²) in [5, 5.41) is 4.25.